The molecule has 1 amide bonds. The van der Waals surface area contributed by atoms with E-state index in [4.69, 9.17) is 16.3 Å². The van der Waals surface area contributed by atoms with Gasteiger partial charge >= 0.3 is 0 Å². The maximum atomic E-state index is 11.6. The van der Waals surface area contributed by atoms with E-state index in [9.17, 15) is 4.79 Å². The fourth-order valence-corrected chi connectivity index (χ4v) is 2.83. The number of aryl methyl sites for hydroxylation is 1. The van der Waals surface area contributed by atoms with Crippen LogP contribution in [0.15, 0.2) is 42.9 Å². The Labute approximate surface area is 156 Å². The summed E-state index contributed by atoms with van der Waals surface area (Å²) in [6, 6.07) is 7.61. The Bertz CT molecular complexity index is 885. The maximum absolute atomic E-state index is 11.6. The summed E-state index contributed by atoms with van der Waals surface area (Å²) in [6.07, 6.45) is 5.45. The smallest absolute Gasteiger partial charge is 0.246 e. The highest BCUT2D eigenvalue weighted by molar-refractivity contribution is 6.30. The highest BCUT2D eigenvalue weighted by atomic mass is 35.5. The first-order valence-electron chi connectivity index (χ1n) is 8.15. The van der Waals surface area contributed by atoms with Gasteiger partial charge in [0.1, 0.15) is 12.3 Å². The number of carbonyl (C=O) groups is 1. The fourth-order valence-electron chi connectivity index (χ4n) is 2.71. The number of halogens is 1. The minimum Gasteiger partial charge on any atom is -0.375 e. The molecule has 0 atom stereocenters. The molecule has 0 fully saturated rings. The summed E-state index contributed by atoms with van der Waals surface area (Å²) in [5.41, 5.74) is 2.85. The van der Waals surface area contributed by atoms with Gasteiger partial charge in [-0.15, -0.1) is 0 Å². The Kier molecular flexibility index (Phi) is 5.70. The molecule has 3 rings (SSSR count). The van der Waals surface area contributed by atoms with E-state index >= 15 is 0 Å². The van der Waals surface area contributed by atoms with Crippen molar-refractivity contribution in [1.82, 2.24) is 24.6 Å². The minimum atomic E-state index is -0.156. The number of rotatable bonds is 7. The van der Waals surface area contributed by atoms with E-state index in [2.05, 4.69) is 15.4 Å². The van der Waals surface area contributed by atoms with Crippen molar-refractivity contribution in [1.29, 1.82) is 0 Å². The number of aromatic nitrogens is 4. The molecular formula is C18H20ClN5O2. The van der Waals surface area contributed by atoms with Gasteiger partial charge in [-0.2, -0.15) is 5.10 Å². The van der Waals surface area contributed by atoms with Crippen LogP contribution in [0.4, 0.5) is 0 Å². The monoisotopic (exact) mass is 373 g/mol. The predicted octanol–water partition coefficient (Wildman–Crippen LogP) is 2.37. The number of benzene rings is 1. The van der Waals surface area contributed by atoms with Gasteiger partial charge in [0.15, 0.2) is 5.82 Å². The van der Waals surface area contributed by atoms with Crippen LogP contribution < -0.4 is 5.32 Å². The molecule has 7 nitrogen and oxygen atoms in total. The van der Waals surface area contributed by atoms with Crippen LogP contribution in [0.2, 0.25) is 5.02 Å². The lowest BCUT2D eigenvalue weighted by molar-refractivity contribution is -0.124. The molecule has 0 aliphatic rings. The van der Waals surface area contributed by atoms with Crippen LogP contribution in [0.3, 0.4) is 0 Å². The van der Waals surface area contributed by atoms with Crippen molar-refractivity contribution in [3.8, 4) is 22.6 Å². The lowest BCUT2D eigenvalue weighted by atomic mass is 10.1. The van der Waals surface area contributed by atoms with E-state index in [1.165, 1.54) is 7.11 Å². The lowest BCUT2D eigenvalue weighted by Gasteiger charge is -2.11. The second-order valence-electron chi connectivity index (χ2n) is 5.78. The third kappa shape index (κ3) is 3.95. The Morgan fingerprint density at radius 3 is 2.73 bits per heavy atom. The number of hydrogen-bond acceptors (Lipinski definition) is 4. The first-order chi connectivity index (χ1) is 12.6. The summed E-state index contributed by atoms with van der Waals surface area (Å²) in [5.74, 6) is 0.645. The molecule has 2 heterocycles. The highest BCUT2D eigenvalue weighted by Crippen LogP contribution is 2.31. The van der Waals surface area contributed by atoms with Gasteiger partial charge in [0.2, 0.25) is 5.91 Å². The average molecular weight is 374 g/mol. The van der Waals surface area contributed by atoms with Crippen LogP contribution in [-0.2, 0) is 23.1 Å². The molecule has 0 bridgehead atoms. The van der Waals surface area contributed by atoms with Crippen LogP contribution in [0.25, 0.3) is 22.6 Å². The molecule has 26 heavy (non-hydrogen) atoms. The highest BCUT2D eigenvalue weighted by Gasteiger charge is 2.18. The summed E-state index contributed by atoms with van der Waals surface area (Å²) in [5, 5.41) is 7.99. The van der Waals surface area contributed by atoms with Gasteiger partial charge in [0.05, 0.1) is 12.7 Å². The molecule has 0 aliphatic heterocycles. The molecule has 136 valence electrons. The van der Waals surface area contributed by atoms with Crippen molar-refractivity contribution in [2.45, 2.75) is 6.54 Å². The van der Waals surface area contributed by atoms with Gasteiger partial charge < -0.3 is 14.6 Å². The zero-order chi connectivity index (χ0) is 18.5. The van der Waals surface area contributed by atoms with E-state index in [1.54, 1.807) is 6.20 Å². The second kappa shape index (κ2) is 8.16. The van der Waals surface area contributed by atoms with Gasteiger partial charge in [-0.25, -0.2) is 4.98 Å². The zero-order valence-corrected chi connectivity index (χ0v) is 15.4. The summed E-state index contributed by atoms with van der Waals surface area (Å²) in [6.45, 7) is 1.01. The van der Waals surface area contributed by atoms with E-state index in [1.807, 2.05) is 53.0 Å². The second-order valence-corrected chi connectivity index (χ2v) is 6.22. The number of amides is 1. The molecule has 1 N–H and O–H groups in total. The number of hydrogen-bond donors (Lipinski definition) is 1. The number of nitrogens with one attached hydrogen (secondary N) is 1. The Morgan fingerprint density at radius 1 is 1.31 bits per heavy atom. The van der Waals surface area contributed by atoms with Crippen molar-refractivity contribution in [2.24, 2.45) is 7.05 Å². The van der Waals surface area contributed by atoms with Crippen LogP contribution in [-0.4, -0.2) is 45.5 Å². The van der Waals surface area contributed by atoms with Crippen molar-refractivity contribution < 1.29 is 9.53 Å². The third-order valence-electron chi connectivity index (χ3n) is 3.95. The molecule has 0 radical (unpaired) electrons. The summed E-state index contributed by atoms with van der Waals surface area (Å²) in [4.78, 5) is 16.0. The standard InChI is InChI=1S/C18H20ClN5O2/c1-23-9-7-21-18(23)17-15(13-3-5-14(19)6-4-13)11-22-24(17)10-8-20-16(25)12-26-2/h3-7,9,11H,8,10,12H2,1-2H3,(H,20,25). The number of imidazole rings is 1. The normalized spacial score (nSPS) is 10.9. The quantitative estimate of drug-likeness (QED) is 0.690. The van der Waals surface area contributed by atoms with Gasteiger partial charge in [-0.05, 0) is 17.7 Å². The first-order valence-corrected chi connectivity index (χ1v) is 8.53. The molecule has 0 unspecified atom stereocenters. The van der Waals surface area contributed by atoms with Crippen molar-refractivity contribution in [2.75, 3.05) is 20.3 Å². The molecule has 0 saturated heterocycles. The SMILES string of the molecule is COCC(=O)NCCn1ncc(-c2ccc(Cl)cc2)c1-c1nccn1C. The first kappa shape index (κ1) is 18.2. The fraction of sp³-hybridized carbons (Fsp3) is 0.278. The number of carbonyl (C=O) groups excluding carboxylic acids is 1. The minimum absolute atomic E-state index is 0.0430. The maximum Gasteiger partial charge on any atom is 0.246 e. The van der Waals surface area contributed by atoms with Gasteiger partial charge in [0, 0.05) is 43.7 Å². The van der Waals surface area contributed by atoms with E-state index < -0.39 is 0 Å². The van der Waals surface area contributed by atoms with Crippen molar-refractivity contribution in [3.63, 3.8) is 0 Å². The molecular weight excluding hydrogens is 354 g/mol. The van der Waals surface area contributed by atoms with Crippen LogP contribution >= 0.6 is 11.6 Å². The zero-order valence-electron chi connectivity index (χ0n) is 14.6. The van der Waals surface area contributed by atoms with E-state index in [-0.39, 0.29) is 12.5 Å². The Balaban J connectivity index is 1.91. The van der Waals surface area contributed by atoms with E-state index in [0.29, 0.717) is 18.1 Å². The number of ether oxygens (including phenoxy) is 1. The Hall–Kier alpha value is -2.64. The van der Waals surface area contributed by atoms with Gasteiger partial charge in [0.25, 0.3) is 0 Å². The average Bonchev–Trinajstić information content (AvgIpc) is 3.22. The summed E-state index contributed by atoms with van der Waals surface area (Å²) < 4.78 is 8.61. The molecule has 0 saturated carbocycles. The topological polar surface area (TPSA) is 74.0 Å². The van der Waals surface area contributed by atoms with Crippen molar-refractivity contribution >= 4 is 17.5 Å². The van der Waals surface area contributed by atoms with E-state index in [0.717, 1.165) is 22.6 Å². The molecule has 3 aromatic rings. The van der Waals surface area contributed by atoms with Crippen LogP contribution in [0, 0.1) is 0 Å². The third-order valence-corrected chi connectivity index (χ3v) is 4.20. The molecule has 8 heteroatoms. The van der Waals surface area contributed by atoms with Gasteiger partial charge in [-0.3, -0.25) is 9.48 Å². The predicted molar refractivity (Wildman–Crippen MR) is 99.8 cm³/mol. The van der Waals surface area contributed by atoms with Crippen LogP contribution in [0.5, 0.6) is 0 Å². The molecule has 0 aliphatic carbocycles. The van der Waals surface area contributed by atoms with Gasteiger partial charge in [-0.1, -0.05) is 23.7 Å². The Morgan fingerprint density at radius 2 is 2.08 bits per heavy atom. The largest absolute Gasteiger partial charge is 0.375 e. The van der Waals surface area contributed by atoms with Crippen LogP contribution in [0.1, 0.15) is 0 Å². The molecule has 1 aromatic carbocycles. The lowest BCUT2D eigenvalue weighted by Crippen LogP contribution is -2.30. The van der Waals surface area contributed by atoms with Crippen molar-refractivity contribution in [3.05, 3.63) is 47.9 Å². The number of methoxy groups -OCH3 is 1. The number of nitrogens with zero attached hydrogens (tertiary/aromatic N) is 4. The summed E-state index contributed by atoms with van der Waals surface area (Å²) in [7, 11) is 3.43. The molecule has 0 spiro atoms. The molecule has 2 aromatic heterocycles. The summed E-state index contributed by atoms with van der Waals surface area (Å²) >= 11 is 6.01.